The van der Waals surface area contributed by atoms with Gasteiger partial charge in [0.25, 0.3) is 10.0 Å². The number of aryl methyl sites for hydroxylation is 2. The lowest BCUT2D eigenvalue weighted by molar-refractivity contribution is 0.601. The Morgan fingerprint density at radius 1 is 1.22 bits per heavy atom. The van der Waals surface area contributed by atoms with Crippen LogP contribution < -0.4 is 4.72 Å². The summed E-state index contributed by atoms with van der Waals surface area (Å²) in [6.07, 6.45) is 0.740. The van der Waals surface area contributed by atoms with Gasteiger partial charge in [0.05, 0.1) is 4.90 Å². The highest BCUT2D eigenvalue weighted by molar-refractivity contribution is 7.93. The van der Waals surface area contributed by atoms with Crippen molar-refractivity contribution < 1.29 is 8.42 Å². The van der Waals surface area contributed by atoms with Gasteiger partial charge in [0, 0.05) is 0 Å². The highest BCUT2D eigenvalue weighted by Gasteiger charge is 2.16. The summed E-state index contributed by atoms with van der Waals surface area (Å²) in [7, 11) is -3.57. The van der Waals surface area contributed by atoms with Crippen LogP contribution in [-0.4, -0.2) is 18.6 Å². The molecular weight excluding hydrogens is 270 g/mol. The van der Waals surface area contributed by atoms with E-state index in [1.54, 1.807) is 24.3 Å². The first kappa shape index (κ1) is 13.0. The maximum Gasteiger partial charge on any atom is 0.263 e. The number of anilines is 1. The molecule has 2 rings (SSSR count). The number of benzene rings is 1. The van der Waals surface area contributed by atoms with Gasteiger partial charge in [0.1, 0.15) is 5.01 Å². The molecule has 1 aromatic heterocycles. The number of rotatable bonds is 4. The summed E-state index contributed by atoms with van der Waals surface area (Å²) in [4.78, 5) is 0.223. The van der Waals surface area contributed by atoms with Gasteiger partial charge in [-0.25, -0.2) is 8.42 Å². The molecule has 1 N–H and O–H groups in total. The topological polar surface area (TPSA) is 72.0 Å². The summed E-state index contributed by atoms with van der Waals surface area (Å²) in [6.45, 7) is 3.85. The van der Waals surface area contributed by atoms with Crippen molar-refractivity contribution in [2.45, 2.75) is 25.2 Å². The minimum atomic E-state index is -3.57. The lowest BCUT2D eigenvalue weighted by Gasteiger charge is -2.04. The van der Waals surface area contributed by atoms with Gasteiger partial charge in [-0.2, -0.15) is 0 Å². The third-order valence-corrected chi connectivity index (χ3v) is 4.79. The van der Waals surface area contributed by atoms with E-state index in [0.717, 1.165) is 17.0 Å². The number of nitrogens with zero attached hydrogens (tertiary/aromatic N) is 2. The van der Waals surface area contributed by atoms with Crippen molar-refractivity contribution in [3.63, 3.8) is 0 Å². The van der Waals surface area contributed by atoms with Gasteiger partial charge in [-0.05, 0) is 25.5 Å². The first-order valence-electron chi connectivity index (χ1n) is 5.43. The summed E-state index contributed by atoms with van der Waals surface area (Å²) < 4.78 is 26.5. The monoisotopic (exact) mass is 283 g/mol. The lowest BCUT2D eigenvalue weighted by atomic mass is 10.2. The van der Waals surface area contributed by atoms with Crippen LogP contribution in [0.3, 0.4) is 0 Å². The molecule has 18 heavy (non-hydrogen) atoms. The van der Waals surface area contributed by atoms with Crippen LogP contribution in [0.2, 0.25) is 0 Å². The van der Waals surface area contributed by atoms with E-state index < -0.39 is 10.0 Å². The number of sulfonamides is 1. The van der Waals surface area contributed by atoms with Crippen LogP contribution in [0, 0.1) is 6.92 Å². The molecule has 5 nitrogen and oxygen atoms in total. The number of hydrogen-bond acceptors (Lipinski definition) is 5. The maximum atomic E-state index is 12.0. The van der Waals surface area contributed by atoms with Crippen molar-refractivity contribution in [2.75, 3.05) is 4.72 Å². The van der Waals surface area contributed by atoms with E-state index in [9.17, 15) is 8.42 Å². The van der Waals surface area contributed by atoms with Crippen LogP contribution in [0.15, 0.2) is 29.2 Å². The van der Waals surface area contributed by atoms with Crippen molar-refractivity contribution in [3.8, 4) is 0 Å². The molecule has 0 amide bonds. The molecule has 0 atom stereocenters. The molecule has 0 fully saturated rings. The molecule has 1 heterocycles. The van der Waals surface area contributed by atoms with Crippen molar-refractivity contribution >= 4 is 26.5 Å². The van der Waals surface area contributed by atoms with Crippen LogP contribution in [-0.2, 0) is 16.4 Å². The third kappa shape index (κ3) is 2.85. The Morgan fingerprint density at radius 3 is 2.44 bits per heavy atom. The molecule has 0 unspecified atom stereocenters. The smallest absolute Gasteiger partial charge is 0.253 e. The highest BCUT2D eigenvalue weighted by Crippen LogP contribution is 2.20. The molecule has 0 aliphatic heterocycles. The highest BCUT2D eigenvalue weighted by atomic mass is 32.2. The Bertz CT molecular complexity index is 633. The molecule has 0 bridgehead atoms. The average molecular weight is 283 g/mol. The number of aromatic nitrogens is 2. The van der Waals surface area contributed by atoms with Gasteiger partial charge in [0.15, 0.2) is 0 Å². The van der Waals surface area contributed by atoms with E-state index in [1.807, 2.05) is 13.8 Å². The molecule has 1 aromatic carbocycles. The van der Waals surface area contributed by atoms with Crippen LogP contribution in [0.5, 0.6) is 0 Å². The lowest BCUT2D eigenvalue weighted by Crippen LogP contribution is -2.12. The first-order chi connectivity index (χ1) is 8.51. The molecule has 0 aliphatic rings. The molecule has 0 saturated carbocycles. The van der Waals surface area contributed by atoms with Gasteiger partial charge < -0.3 is 0 Å². The second kappa shape index (κ2) is 5.03. The molecule has 0 saturated heterocycles. The first-order valence-corrected chi connectivity index (χ1v) is 7.73. The Balaban J connectivity index is 2.24. The minimum Gasteiger partial charge on any atom is -0.253 e. The molecule has 0 radical (unpaired) electrons. The Morgan fingerprint density at radius 2 is 1.89 bits per heavy atom. The second-order valence-corrected chi connectivity index (χ2v) is 6.52. The zero-order valence-corrected chi connectivity index (χ0v) is 11.7. The summed E-state index contributed by atoms with van der Waals surface area (Å²) in [5.74, 6) is 0. The van der Waals surface area contributed by atoms with Gasteiger partial charge in [-0.3, -0.25) is 4.72 Å². The van der Waals surface area contributed by atoms with Gasteiger partial charge >= 0.3 is 0 Å². The van der Waals surface area contributed by atoms with Crippen molar-refractivity contribution in [3.05, 3.63) is 34.8 Å². The largest absolute Gasteiger partial charge is 0.263 e. The van der Waals surface area contributed by atoms with Crippen LogP contribution >= 0.6 is 11.3 Å². The summed E-state index contributed by atoms with van der Waals surface area (Å²) >= 11 is 1.25. The SMILES string of the molecule is CCc1nnc(NS(=O)(=O)c2ccc(C)cc2)s1. The minimum absolute atomic E-state index is 0.223. The molecular formula is C11H13N3O2S2. The van der Waals surface area contributed by atoms with E-state index in [2.05, 4.69) is 14.9 Å². The molecule has 2 aromatic rings. The van der Waals surface area contributed by atoms with Gasteiger partial charge in [0.2, 0.25) is 5.13 Å². The fourth-order valence-corrected chi connectivity index (χ4v) is 3.24. The Labute approximate surface area is 110 Å². The molecule has 96 valence electrons. The molecule has 7 heteroatoms. The molecule has 0 aliphatic carbocycles. The summed E-state index contributed by atoms with van der Waals surface area (Å²) in [6, 6.07) is 6.65. The predicted molar refractivity (Wildman–Crippen MR) is 71.3 cm³/mol. The average Bonchev–Trinajstić information content (AvgIpc) is 2.76. The normalized spacial score (nSPS) is 11.4. The van der Waals surface area contributed by atoms with Crippen molar-refractivity contribution in [1.82, 2.24) is 10.2 Å². The second-order valence-electron chi connectivity index (χ2n) is 3.77. The zero-order chi connectivity index (χ0) is 13.2. The fourth-order valence-electron chi connectivity index (χ4n) is 1.33. The van der Waals surface area contributed by atoms with Crippen LogP contribution in [0.25, 0.3) is 0 Å². The van der Waals surface area contributed by atoms with E-state index in [-0.39, 0.29) is 4.90 Å². The van der Waals surface area contributed by atoms with Crippen molar-refractivity contribution in [1.29, 1.82) is 0 Å². The zero-order valence-electron chi connectivity index (χ0n) is 10.0. The Kier molecular flexibility index (Phi) is 3.63. The summed E-state index contributed by atoms with van der Waals surface area (Å²) in [5, 5.41) is 8.76. The van der Waals surface area contributed by atoms with Crippen LogP contribution in [0.1, 0.15) is 17.5 Å². The van der Waals surface area contributed by atoms with E-state index in [0.29, 0.717) is 5.13 Å². The Hall–Kier alpha value is -1.47. The quantitative estimate of drug-likeness (QED) is 0.933. The predicted octanol–water partition coefficient (Wildman–Crippen LogP) is 2.21. The third-order valence-electron chi connectivity index (χ3n) is 2.32. The number of nitrogens with one attached hydrogen (secondary N) is 1. The fraction of sp³-hybridized carbons (Fsp3) is 0.273. The van der Waals surface area contributed by atoms with E-state index >= 15 is 0 Å². The van der Waals surface area contributed by atoms with Crippen molar-refractivity contribution in [2.24, 2.45) is 0 Å². The number of hydrogen-bond donors (Lipinski definition) is 1. The molecule has 0 spiro atoms. The summed E-state index contributed by atoms with van der Waals surface area (Å²) in [5.41, 5.74) is 1.01. The maximum absolute atomic E-state index is 12.0. The van der Waals surface area contributed by atoms with E-state index in [1.165, 1.54) is 11.3 Å². The van der Waals surface area contributed by atoms with Gasteiger partial charge in [-0.1, -0.05) is 36.0 Å². The standard InChI is InChI=1S/C11H13N3O2S2/c1-3-10-12-13-11(17-10)14-18(15,16)9-6-4-8(2)5-7-9/h4-7H,3H2,1-2H3,(H,13,14). The van der Waals surface area contributed by atoms with Crippen LogP contribution in [0.4, 0.5) is 5.13 Å². The van der Waals surface area contributed by atoms with Gasteiger partial charge in [-0.15, -0.1) is 10.2 Å². The van der Waals surface area contributed by atoms with E-state index in [4.69, 9.17) is 0 Å².